The van der Waals surface area contributed by atoms with Gasteiger partial charge in [0.1, 0.15) is 11.3 Å². The second-order valence-corrected chi connectivity index (χ2v) is 4.36. The van der Waals surface area contributed by atoms with Crippen molar-refractivity contribution in [1.82, 2.24) is 14.7 Å². The van der Waals surface area contributed by atoms with Crippen molar-refractivity contribution in [1.29, 1.82) is 0 Å². The molecule has 0 amide bonds. The van der Waals surface area contributed by atoms with E-state index in [0.29, 0.717) is 23.6 Å². The molecule has 6 heteroatoms. The highest BCUT2D eigenvalue weighted by Crippen LogP contribution is 2.26. The predicted molar refractivity (Wildman–Crippen MR) is 69.0 cm³/mol. The molecule has 102 valence electrons. The van der Waals surface area contributed by atoms with Gasteiger partial charge in [-0.05, 0) is 12.8 Å². The molecule has 2 aromatic heterocycles. The SMILES string of the molecule is CCCc1onc(-c2cncn2CCC)c1C(=O)O. The number of nitrogens with zero attached hydrogens (tertiary/aromatic N) is 3. The fraction of sp³-hybridized carbons (Fsp3) is 0.462. The maximum absolute atomic E-state index is 11.4. The first-order valence-electron chi connectivity index (χ1n) is 6.41. The first-order valence-corrected chi connectivity index (χ1v) is 6.41. The lowest BCUT2D eigenvalue weighted by atomic mass is 10.1. The first-order chi connectivity index (χ1) is 9.19. The van der Waals surface area contributed by atoms with Crippen LogP contribution in [0.5, 0.6) is 0 Å². The second-order valence-electron chi connectivity index (χ2n) is 4.36. The molecular formula is C13H17N3O3. The molecule has 19 heavy (non-hydrogen) atoms. The van der Waals surface area contributed by atoms with Crippen LogP contribution in [-0.2, 0) is 13.0 Å². The first kappa shape index (κ1) is 13.3. The molecule has 0 unspecified atom stereocenters. The fourth-order valence-electron chi connectivity index (χ4n) is 2.05. The van der Waals surface area contributed by atoms with Gasteiger partial charge in [0.05, 0.1) is 18.2 Å². The van der Waals surface area contributed by atoms with Gasteiger partial charge >= 0.3 is 5.97 Å². The van der Waals surface area contributed by atoms with Crippen LogP contribution in [0.3, 0.4) is 0 Å². The van der Waals surface area contributed by atoms with Crippen LogP contribution in [0.15, 0.2) is 17.0 Å². The smallest absolute Gasteiger partial charge is 0.341 e. The number of imidazole rings is 1. The van der Waals surface area contributed by atoms with E-state index < -0.39 is 5.97 Å². The van der Waals surface area contributed by atoms with Crippen molar-refractivity contribution < 1.29 is 14.4 Å². The standard InChI is InChI=1S/C13H17N3O3/c1-3-5-10-11(13(17)18)12(15-19-10)9-7-14-8-16(9)6-4-2/h7-8H,3-6H2,1-2H3,(H,17,18). The summed E-state index contributed by atoms with van der Waals surface area (Å²) < 4.78 is 7.07. The molecule has 0 aliphatic rings. The van der Waals surface area contributed by atoms with Crippen LogP contribution in [0.4, 0.5) is 0 Å². The summed E-state index contributed by atoms with van der Waals surface area (Å²) in [5.41, 5.74) is 1.20. The van der Waals surface area contributed by atoms with Crippen molar-refractivity contribution in [3.05, 3.63) is 23.8 Å². The Labute approximate surface area is 111 Å². The van der Waals surface area contributed by atoms with Gasteiger partial charge in [-0.1, -0.05) is 19.0 Å². The zero-order chi connectivity index (χ0) is 13.8. The number of aryl methyl sites for hydroxylation is 2. The molecule has 0 radical (unpaired) electrons. The molecular weight excluding hydrogens is 246 g/mol. The third kappa shape index (κ3) is 2.52. The molecule has 1 N–H and O–H groups in total. The van der Waals surface area contributed by atoms with Crippen molar-refractivity contribution in [3.8, 4) is 11.4 Å². The lowest BCUT2D eigenvalue weighted by Gasteiger charge is -2.04. The summed E-state index contributed by atoms with van der Waals surface area (Å²) in [4.78, 5) is 15.5. The average molecular weight is 263 g/mol. The van der Waals surface area contributed by atoms with Gasteiger partial charge in [0, 0.05) is 13.0 Å². The van der Waals surface area contributed by atoms with Crippen molar-refractivity contribution >= 4 is 5.97 Å². The van der Waals surface area contributed by atoms with Gasteiger partial charge < -0.3 is 14.2 Å². The highest BCUT2D eigenvalue weighted by molar-refractivity contribution is 5.95. The van der Waals surface area contributed by atoms with E-state index in [1.165, 1.54) is 0 Å². The molecule has 0 bridgehead atoms. The van der Waals surface area contributed by atoms with E-state index in [1.54, 1.807) is 12.5 Å². The van der Waals surface area contributed by atoms with Crippen LogP contribution in [0.1, 0.15) is 42.8 Å². The number of aromatic carboxylic acids is 1. The van der Waals surface area contributed by atoms with Gasteiger partial charge in [-0.25, -0.2) is 9.78 Å². The van der Waals surface area contributed by atoms with Crippen molar-refractivity contribution in [2.24, 2.45) is 0 Å². The van der Waals surface area contributed by atoms with Crippen LogP contribution >= 0.6 is 0 Å². The zero-order valence-electron chi connectivity index (χ0n) is 11.1. The Morgan fingerprint density at radius 2 is 2.21 bits per heavy atom. The van der Waals surface area contributed by atoms with Gasteiger partial charge in [-0.15, -0.1) is 0 Å². The van der Waals surface area contributed by atoms with E-state index in [2.05, 4.69) is 10.1 Å². The minimum Gasteiger partial charge on any atom is -0.477 e. The highest BCUT2D eigenvalue weighted by atomic mass is 16.5. The Morgan fingerprint density at radius 3 is 2.84 bits per heavy atom. The molecule has 0 spiro atoms. The van der Waals surface area contributed by atoms with E-state index in [-0.39, 0.29) is 5.56 Å². The molecule has 0 aromatic carbocycles. The molecule has 0 aliphatic heterocycles. The topological polar surface area (TPSA) is 81.2 Å². The molecule has 0 saturated carbocycles. The minimum atomic E-state index is -1.01. The van der Waals surface area contributed by atoms with E-state index >= 15 is 0 Å². The van der Waals surface area contributed by atoms with E-state index in [0.717, 1.165) is 19.4 Å². The third-order valence-electron chi connectivity index (χ3n) is 2.87. The number of hydrogen-bond donors (Lipinski definition) is 1. The van der Waals surface area contributed by atoms with E-state index in [1.807, 2.05) is 18.4 Å². The van der Waals surface area contributed by atoms with Crippen molar-refractivity contribution in [2.45, 2.75) is 39.7 Å². The number of rotatable bonds is 6. The second kappa shape index (κ2) is 5.69. The molecule has 2 heterocycles. The van der Waals surface area contributed by atoms with Crippen LogP contribution in [0, 0.1) is 0 Å². The number of aromatic nitrogens is 3. The summed E-state index contributed by atoms with van der Waals surface area (Å²) in [7, 11) is 0. The molecule has 0 saturated heterocycles. The minimum absolute atomic E-state index is 0.153. The van der Waals surface area contributed by atoms with Gasteiger partial charge in [0.25, 0.3) is 0 Å². The maximum Gasteiger partial charge on any atom is 0.341 e. The Balaban J connectivity index is 2.49. The Kier molecular flexibility index (Phi) is 3.99. The summed E-state index contributed by atoms with van der Waals surface area (Å²) in [5.74, 6) is -0.585. The quantitative estimate of drug-likeness (QED) is 0.866. The lowest BCUT2D eigenvalue weighted by Crippen LogP contribution is -2.04. The van der Waals surface area contributed by atoms with Gasteiger partial charge in [-0.2, -0.15) is 0 Å². The Bertz CT molecular complexity index is 571. The highest BCUT2D eigenvalue weighted by Gasteiger charge is 2.24. The lowest BCUT2D eigenvalue weighted by molar-refractivity contribution is 0.0695. The summed E-state index contributed by atoms with van der Waals surface area (Å²) in [6.45, 7) is 4.78. The number of carboxylic acids is 1. The van der Waals surface area contributed by atoms with Gasteiger partial charge in [-0.3, -0.25) is 0 Å². The molecule has 0 atom stereocenters. The van der Waals surface area contributed by atoms with E-state index in [4.69, 9.17) is 4.52 Å². The molecule has 2 rings (SSSR count). The summed E-state index contributed by atoms with van der Waals surface area (Å²) in [5, 5.41) is 13.3. The molecule has 0 fully saturated rings. The van der Waals surface area contributed by atoms with Crippen molar-refractivity contribution in [2.75, 3.05) is 0 Å². The Morgan fingerprint density at radius 1 is 1.42 bits per heavy atom. The Hall–Kier alpha value is -2.11. The maximum atomic E-state index is 11.4. The molecule has 2 aromatic rings. The van der Waals surface area contributed by atoms with Crippen LogP contribution in [0.2, 0.25) is 0 Å². The van der Waals surface area contributed by atoms with Crippen LogP contribution in [0.25, 0.3) is 11.4 Å². The van der Waals surface area contributed by atoms with Crippen LogP contribution in [-0.4, -0.2) is 25.8 Å². The largest absolute Gasteiger partial charge is 0.477 e. The van der Waals surface area contributed by atoms with Gasteiger partial charge in [0.2, 0.25) is 0 Å². The monoisotopic (exact) mass is 263 g/mol. The third-order valence-corrected chi connectivity index (χ3v) is 2.87. The summed E-state index contributed by atoms with van der Waals surface area (Å²) in [6, 6.07) is 0. The summed E-state index contributed by atoms with van der Waals surface area (Å²) in [6.07, 6.45) is 5.61. The normalized spacial score (nSPS) is 10.8. The number of carbonyl (C=O) groups is 1. The van der Waals surface area contributed by atoms with Crippen LogP contribution < -0.4 is 0 Å². The predicted octanol–water partition coefficient (Wildman–Crippen LogP) is 2.60. The van der Waals surface area contributed by atoms with E-state index in [9.17, 15) is 9.90 Å². The molecule has 6 nitrogen and oxygen atoms in total. The number of hydrogen-bond acceptors (Lipinski definition) is 4. The van der Waals surface area contributed by atoms with Crippen molar-refractivity contribution in [3.63, 3.8) is 0 Å². The molecule has 0 aliphatic carbocycles. The average Bonchev–Trinajstić information content (AvgIpc) is 2.96. The fourth-order valence-corrected chi connectivity index (χ4v) is 2.05. The summed E-state index contributed by atoms with van der Waals surface area (Å²) >= 11 is 0. The van der Waals surface area contributed by atoms with Gasteiger partial charge in [0.15, 0.2) is 5.76 Å². The zero-order valence-corrected chi connectivity index (χ0v) is 11.1. The number of carboxylic acid groups (broad SMARTS) is 1.